The number of hydrogen-bond donors (Lipinski definition) is 1. The molecule has 1 fully saturated rings. The lowest BCUT2D eigenvalue weighted by atomic mass is 9.68. The lowest BCUT2D eigenvalue weighted by molar-refractivity contribution is 0.237. The molecule has 3 rings (SSSR count). The summed E-state index contributed by atoms with van der Waals surface area (Å²) in [7, 11) is 0. The fourth-order valence-electron chi connectivity index (χ4n) is 2.46. The van der Waals surface area contributed by atoms with E-state index in [1.165, 1.54) is 19.3 Å². The van der Waals surface area contributed by atoms with Crippen molar-refractivity contribution in [3.05, 3.63) is 36.4 Å². The molecule has 2 aromatic rings. The molecule has 78 valence electrons. The average molecular weight is 201 g/mol. The first kappa shape index (κ1) is 8.92. The van der Waals surface area contributed by atoms with Gasteiger partial charge in [0.15, 0.2) is 0 Å². The van der Waals surface area contributed by atoms with Crippen molar-refractivity contribution in [1.82, 2.24) is 9.38 Å². The Kier molecular flexibility index (Phi) is 1.83. The van der Waals surface area contributed by atoms with Crippen molar-refractivity contribution >= 4 is 5.52 Å². The van der Waals surface area contributed by atoms with Crippen LogP contribution in [0.25, 0.3) is 5.52 Å². The lowest BCUT2D eigenvalue weighted by Crippen LogP contribution is -2.43. The molecule has 0 aromatic carbocycles. The van der Waals surface area contributed by atoms with Gasteiger partial charge in [-0.1, -0.05) is 12.5 Å². The van der Waals surface area contributed by atoms with Gasteiger partial charge in [0.1, 0.15) is 5.82 Å². The van der Waals surface area contributed by atoms with Crippen LogP contribution in [0.2, 0.25) is 0 Å². The normalized spacial score (nSPS) is 19.0. The highest BCUT2D eigenvalue weighted by Gasteiger charge is 2.40. The van der Waals surface area contributed by atoms with E-state index in [2.05, 4.69) is 21.6 Å². The zero-order valence-electron chi connectivity index (χ0n) is 8.69. The van der Waals surface area contributed by atoms with Crippen molar-refractivity contribution in [2.75, 3.05) is 6.54 Å². The van der Waals surface area contributed by atoms with E-state index in [4.69, 9.17) is 5.73 Å². The van der Waals surface area contributed by atoms with Gasteiger partial charge in [-0.2, -0.15) is 0 Å². The van der Waals surface area contributed by atoms with Crippen LogP contribution in [0.5, 0.6) is 0 Å². The van der Waals surface area contributed by atoms with Gasteiger partial charge < -0.3 is 10.1 Å². The van der Waals surface area contributed by atoms with Crippen LogP contribution in [0, 0.1) is 0 Å². The monoisotopic (exact) mass is 201 g/mol. The molecule has 0 saturated heterocycles. The Morgan fingerprint density at radius 3 is 2.93 bits per heavy atom. The molecule has 1 saturated carbocycles. The van der Waals surface area contributed by atoms with Gasteiger partial charge in [-0.3, -0.25) is 0 Å². The summed E-state index contributed by atoms with van der Waals surface area (Å²) in [4.78, 5) is 4.54. The number of nitrogens with two attached hydrogens (primary N) is 1. The molecule has 0 unspecified atom stereocenters. The van der Waals surface area contributed by atoms with Crippen LogP contribution in [0.3, 0.4) is 0 Å². The molecule has 1 aliphatic rings. The molecule has 3 heteroatoms. The number of pyridine rings is 1. The van der Waals surface area contributed by atoms with E-state index in [0.717, 1.165) is 11.3 Å². The van der Waals surface area contributed by atoms with Crippen molar-refractivity contribution in [2.24, 2.45) is 5.73 Å². The van der Waals surface area contributed by atoms with Crippen LogP contribution >= 0.6 is 0 Å². The Balaban J connectivity index is 2.18. The summed E-state index contributed by atoms with van der Waals surface area (Å²) < 4.78 is 2.17. The predicted octanol–water partition coefficient (Wildman–Crippen LogP) is 1.71. The second-order valence-corrected chi connectivity index (χ2v) is 4.42. The summed E-state index contributed by atoms with van der Waals surface area (Å²) in [5, 5.41) is 0. The standard InChI is InChI=1S/C12H15N3/c13-9-12(5-3-6-12)11-14-8-10-4-1-2-7-15(10)11/h1-2,4,7-8H,3,5-6,9,13H2. The largest absolute Gasteiger partial charge is 0.329 e. The van der Waals surface area contributed by atoms with Crippen LogP contribution in [0.1, 0.15) is 25.1 Å². The molecule has 0 aliphatic heterocycles. The first-order valence-corrected chi connectivity index (χ1v) is 5.48. The van der Waals surface area contributed by atoms with Gasteiger partial charge in [0, 0.05) is 18.2 Å². The summed E-state index contributed by atoms with van der Waals surface area (Å²) >= 11 is 0. The van der Waals surface area contributed by atoms with Crippen LogP contribution in [-0.4, -0.2) is 15.9 Å². The molecule has 3 nitrogen and oxygen atoms in total. The Morgan fingerprint density at radius 2 is 2.27 bits per heavy atom. The molecule has 2 N–H and O–H groups in total. The van der Waals surface area contributed by atoms with Gasteiger partial charge >= 0.3 is 0 Å². The molecule has 0 bridgehead atoms. The Hall–Kier alpha value is -1.35. The number of nitrogens with zero attached hydrogens (tertiary/aromatic N) is 2. The van der Waals surface area contributed by atoms with Gasteiger partial charge in [0.25, 0.3) is 0 Å². The zero-order chi connectivity index (χ0) is 10.3. The molecule has 0 radical (unpaired) electrons. The maximum absolute atomic E-state index is 5.90. The minimum Gasteiger partial charge on any atom is -0.329 e. The molecule has 0 spiro atoms. The molecule has 2 heterocycles. The molecular formula is C12H15N3. The number of aromatic nitrogens is 2. The second-order valence-electron chi connectivity index (χ2n) is 4.42. The predicted molar refractivity (Wildman–Crippen MR) is 59.8 cm³/mol. The third-order valence-electron chi connectivity index (χ3n) is 3.61. The number of imidazole rings is 1. The highest BCUT2D eigenvalue weighted by molar-refractivity contribution is 5.46. The number of hydrogen-bond acceptors (Lipinski definition) is 2. The fourth-order valence-corrected chi connectivity index (χ4v) is 2.46. The Bertz CT molecular complexity index is 477. The van der Waals surface area contributed by atoms with Crippen molar-refractivity contribution in [3.8, 4) is 0 Å². The first-order valence-electron chi connectivity index (χ1n) is 5.48. The quantitative estimate of drug-likeness (QED) is 0.804. The van der Waals surface area contributed by atoms with Crippen LogP contribution in [-0.2, 0) is 5.41 Å². The molecular weight excluding hydrogens is 186 g/mol. The summed E-state index contributed by atoms with van der Waals surface area (Å²) in [6, 6.07) is 6.16. The van der Waals surface area contributed by atoms with Crippen molar-refractivity contribution < 1.29 is 0 Å². The van der Waals surface area contributed by atoms with Crippen LogP contribution < -0.4 is 5.73 Å². The molecule has 15 heavy (non-hydrogen) atoms. The molecule has 2 aromatic heterocycles. The van der Waals surface area contributed by atoms with E-state index in [0.29, 0.717) is 6.54 Å². The average Bonchev–Trinajstić information content (AvgIpc) is 2.62. The maximum Gasteiger partial charge on any atom is 0.120 e. The lowest BCUT2D eigenvalue weighted by Gasteiger charge is -2.39. The molecule has 1 aliphatic carbocycles. The maximum atomic E-state index is 5.90. The highest BCUT2D eigenvalue weighted by Crippen LogP contribution is 2.42. The van der Waals surface area contributed by atoms with E-state index in [1.54, 1.807) is 0 Å². The topological polar surface area (TPSA) is 43.3 Å². The van der Waals surface area contributed by atoms with Gasteiger partial charge in [-0.15, -0.1) is 0 Å². The number of fused-ring (bicyclic) bond motifs is 1. The van der Waals surface area contributed by atoms with E-state index < -0.39 is 0 Å². The number of rotatable bonds is 2. The van der Waals surface area contributed by atoms with Gasteiger partial charge in [0.2, 0.25) is 0 Å². The summed E-state index contributed by atoms with van der Waals surface area (Å²) in [5.41, 5.74) is 7.20. The van der Waals surface area contributed by atoms with Crippen molar-refractivity contribution in [3.63, 3.8) is 0 Å². The fraction of sp³-hybridized carbons (Fsp3) is 0.417. The smallest absolute Gasteiger partial charge is 0.120 e. The second kappa shape index (κ2) is 3.07. The van der Waals surface area contributed by atoms with E-state index >= 15 is 0 Å². The zero-order valence-corrected chi connectivity index (χ0v) is 8.69. The third-order valence-corrected chi connectivity index (χ3v) is 3.61. The SMILES string of the molecule is NCC1(c2ncc3ccccn23)CCC1. The molecule has 0 amide bonds. The van der Waals surface area contributed by atoms with Crippen molar-refractivity contribution in [1.29, 1.82) is 0 Å². The Morgan fingerprint density at radius 1 is 1.40 bits per heavy atom. The van der Waals surface area contributed by atoms with E-state index in [1.807, 2.05) is 18.3 Å². The van der Waals surface area contributed by atoms with Gasteiger partial charge in [0.05, 0.1) is 11.7 Å². The minimum atomic E-state index is 0.147. The third kappa shape index (κ3) is 1.13. The Labute approximate surface area is 88.9 Å². The first-order chi connectivity index (χ1) is 7.36. The summed E-state index contributed by atoms with van der Waals surface area (Å²) in [6.45, 7) is 0.709. The summed E-state index contributed by atoms with van der Waals surface area (Å²) in [5.74, 6) is 1.15. The van der Waals surface area contributed by atoms with Crippen LogP contribution in [0.15, 0.2) is 30.6 Å². The minimum absolute atomic E-state index is 0.147. The van der Waals surface area contributed by atoms with Crippen LogP contribution in [0.4, 0.5) is 0 Å². The van der Waals surface area contributed by atoms with Crippen molar-refractivity contribution in [2.45, 2.75) is 24.7 Å². The van der Waals surface area contributed by atoms with E-state index in [9.17, 15) is 0 Å². The van der Waals surface area contributed by atoms with Gasteiger partial charge in [-0.05, 0) is 25.0 Å². The van der Waals surface area contributed by atoms with E-state index in [-0.39, 0.29) is 5.41 Å². The van der Waals surface area contributed by atoms with Gasteiger partial charge in [-0.25, -0.2) is 4.98 Å². The molecule has 0 atom stereocenters. The highest BCUT2D eigenvalue weighted by atomic mass is 15.0. The summed E-state index contributed by atoms with van der Waals surface area (Å²) in [6.07, 6.45) is 7.65.